The minimum absolute atomic E-state index is 0.512. The first-order valence-electron chi connectivity index (χ1n) is 9.37. The van der Waals surface area contributed by atoms with Crippen LogP contribution in [0.15, 0.2) is 89.9 Å². The molecule has 3 aromatic carbocycles. The number of fused-ring (bicyclic) bond motifs is 1. The maximum Gasteiger partial charge on any atom is 0.108 e. The van der Waals surface area contributed by atoms with Crippen LogP contribution < -0.4 is 0 Å². The molecule has 1 aliphatic heterocycles. The number of aliphatic imine (C=N–C) groups is 1. The molecule has 0 saturated carbocycles. The van der Waals surface area contributed by atoms with Crippen LogP contribution in [0, 0.1) is 0 Å². The fourth-order valence-corrected chi connectivity index (χ4v) is 3.89. The van der Waals surface area contributed by atoms with E-state index in [0.717, 1.165) is 37.3 Å². The zero-order valence-electron chi connectivity index (χ0n) is 15.3. The topological polar surface area (TPSA) is 15.6 Å². The molecule has 2 nitrogen and oxygen atoms in total. The Kier molecular flexibility index (Phi) is 5.38. The molecule has 4 rings (SSSR count). The Labute approximate surface area is 166 Å². The largest absolute Gasteiger partial charge is 0.295 e. The fraction of sp³-hybridized carbons (Fsp3) is 0.208. The van der Waals surface area contributed by atoms with E-state index >= 15 is 0 Å². The second-order valence-corrected chi connectivity index (χ2v) is 7.74. The minimum atomic E-state index is -0.512. The maximum absolute atomic E-state index is 6.98. The van der Waals surface area contributed by atoms with Crippen LogP contribution in [-0.2, 0) is 18.0 Å². The molecular weight excluding hydrogens is 352 g/mol. The van der Waals surface area contributed by atoms with Gasteiger partial charge in [-0.2, -0.15) is 0 Å². The van der Waals surface area contributed by atoms with Gasteiger partial charge < -0.3 is 0 Å². The molecule has 0 amide bonds. The number of alkyl halides is 1. The zero-order valence-corrected chi connectivity index (χ0v) is 16.0. The summed E-state index contributed by atoms with van der Waals surface area (Å²) in [6, 6.07) is 29.4. The number of rotatable bonds is 7. The van der Waals surface area contributed by atoms with E-state index in [1.54, 1.807) is 0 Å². The third-order valence-electron chi connectivity index (χ3n) is 5.05. The summed E-state index contributed by atoms with van der Waals surface area (Å²) in [5.74, 6) is 0. The number of benzene rings is 3. The number of halogens is 1. The first kappa shape index (κ1) is 18.0. The van der Waals surface area contributed by atoms with Crippen molar-refractivity contribution in [2.75, 3.05) is 6.54 Å². The molecule has 0 aliphatic carbocycles. The van der Waals surface area contributed by atoms with Gasteiger partial charge in [0.15, 0.2) is 0 Å². The first-order chi connectivity index (χ1) is 13.2. The second kappa shape index (κ2) is 8.08. The summed E-state index contributed by atoms with van der Waals surface area (Å²) in [4.78, 5) is 6.47. The molecule has 3 heteroatoms. The number of nitrogens with zero attached hydrogens (tertiary/aromatic N) is 2. The molecule has 27 heavy (non-hydrogen) atoms. The van der Waals surface area contributed by atoms with E-state index in [1.165, 1.54) is 11.1 Å². The average Bonchev–Trinajstić information content (AvgIpc) is 3.05. The predicted molar refractivity (Wildman–Crippen MR) is 114 cm³/mol. The molecule has 0 spiro atoms. The van der Waals surface area contributed by atoms with Crippen LogP contribution in [0.25, 0.3) is 0 Å². The molecule has 0 bridgehead atoms. The molecule has 136 valence electrons. The third-order valence-corrected chi connectivity index (χ3v) is 5.54. The smallest absolute Gasteiger partial charge is 0.108 e. The van der Waals surface area contributed by atoms with E-state index in [4.69, 9.17) is 11.6 Å². The van der Waals surface area contributed by atoms with Crippen molar-refractivity contribution in [1.82, 2.24) is 4.90 Å². The summed E-state index contributed by atoms with van der Waals surface area (Å²) in [6.45, 7) is 2.70. The van der Waals surface area contributed by atoms with Crippen molar-refractivity contribution in [3.63, 3.8) is 0 Å². The van der Waals surface area contributed by atoms with Crippen molar-refractivity contribution >= 4 is 23.5 Å². The summed E-state index contributed by atoms with van der Waals surface area (Å²) in [6.07, 6.45) is 2.73. The number of para-hydroxylation sites is 1. The van der Waals surface area contributed by atoms with E-state index in [-0.39, 0.29) is 0 Å². The highest BCUT2D eigenvalue weighted by molar-refractivity contribution is 6.33. The van der Waals surface area contributed by atoms with E-state index in [9.17, 15) is 0 Å². The van der Waals surface area contributed by atoms with Gasteiger partial charge in [-0.15, -0.1) is 11.6 Å². The molecule has 0 radical (unpaired) electrons. The van der Waals surface area contributed by atoms with Crippen molar-refractivity contribution in [1.29, 1.82) is 0 Å². The van der Waals surface area contributed by atoms with E-state index < -0.39 is 4.87 Å². The lowest BCUT2D eigenvalue weighted by Gasteiger charge is -2.27. The van der Waals surface area contributed by atoms with Gasteiger partial charge in [-0.05, 0) is 23.6 Å². The molecule has 1 atom stereocenters. The minimum Gasteiger partial charge on any atom is -0.295 e. The monoisotopic (exact) mass is 374 g/mol. The van der Waals surface area contributed by atoms with Crippen LogP contribution in [0.2, 0.25) is 0 Å². The van der Waals surface area contributed by atoms with Crippen molar-refractivity contribution in [2.45, 2.75) is 24.4 Å². The maximum atomic E-state index is 6.98. The third kappa shape index (κ3) is 4.29. The standard InChI is InChI=1S/C24H23ClN2/c25-24(19-26-23-14-8-7-13-22(23)24)15-16-27(17-20-9-3-1-4-10-20)18-21-11-5-2-6-12-21/h1-14,19H,15-18H2. The van der Waals surface area contributed by atoms with Crippen molar-refractivity contribution in [3.8, 4) is 0 Å². The normalized spacial score (nSPS) is 18.0. The molecule has 3 aromatic rings. The summed E-state index contributed by atoms with van der Waals surface area (Å²) in [5.41, 5.74) is 4.74. The lowest BCUT2D eigenvalue weighted by molar-refractivity contribution is 0.249. The lowest BCUT2D eigenvalue weighted by atomic mass is 9.96. The Morgan fingerprint density at radius 3 is 1.93 bits per heavy atom. The van der Waals surface area contributed by atoms with E-state index in [1.807, 2.05) is 24.4 Å². The first-order valence-corrected chi connectivity index (χ1v) is 9.75. The molecule has 1 aliphatic rings. The summed E-state index contributed by atoms with van der Waals surface area (Å²) in [5, 5.41) is 0. The van der Waals surface area contributed by atoms with Gasteiger partial charge in [0.1, 0.15) is 4.87 Å². The number of hydrogen-bond acceptors (Lipinski definition) is 2. The molecule has 0 N–H and O–H groups in total. The zero-order chi connectivity index (χ0) is 18.5. The summed E-state index contributed by atoms with van der Waals surface area (Å²) >= 11 is 6.98. The molecule has 1 heterocycles. The van der Waals surface area contributed by atoms with Crippen LogP contribution in [0.5, 0.6) is 0 Å². The average molecular weight is 375 g/mol. The number of hydrogen-bond donors (Lipinski definition) is 0. The molecule has 0 saturated heterocycles. The second-order valence-electron chi connectivity index (χ2n) is 7.07. The Balaban J connectivity index is 1.50. The fourth-order valence-electron chi connectivity index (χ4n) is 3.60. The summed E-state index contributed by atoms with van der Waals surface area (Å²) < 4.78 is 0. The van der Waals surface area contributed by atoms with Crippen molar-refractivity contribution in [3.05, 3.63) is 102 Å². The van der Waals surface area contributed by atoms with Gasteiger partial charge in [-0.25, -0.2) is 0 Å². The van der Waals surface area contributed by atoms with Crippen LogP contribution in [0.3, 0.4) is 0 Å². The SMILES string of the molecule is ClC1(CCN(Cc2ccccc2)Cc2ccccc2)C=Nc2ccccc21. The molecular formula is C24H23ClN2. The summed E-state index contributed by atoms with van der Waals surface area (Å²) in [7, 11) is 0. The highest BCUT2D eigenvalue weighted by Gasteiger charge is 2.34. The van der Waals surface area contributed by atoms with E-state index in [2.05, 4.69) is 76.6 Å². The van der Waals surface area contributed by atoms with Gasteiger partial charge in [-0.3, -0.25) is 9.89 Å². The van der Waals surface area contributed by atoms with E-state index in [0.29, 0.717) is 0 Å². The van der Waals surface area contributed by atoms with Gasteiger partial charge in [0.2, 0.25) is 0 Å². The lowest BCUT2D eigenvalue weighted by Crippen LogP contribution is -2.29. The van der Waals surface area contributed by atoms with Crippen molar-refractivity contribution < 1.29 is 0 Å². The Bertz CT molecular complexity index is 866. The van der Waals surface area contributed by atoms with Crippen LogP contribution >= 0.6 is 11.6 Å². The molecule has 0 fully saturated rings. The molecule has 1 unspecified atom stereocenters. The van der Waals surface area contributed by atoms with Crippen LogP contribution in [0.1, 0.15) is 23.1 Å². The highest BCUT2D eigenvalue weighted by Crippen LogP contribution is 2.42. The van der Waals surface area contributed by atoms with Crippen LogP contribution in [-0.4, -0.2) is 17.7 Å². The van der Waals surface area contributed by atoms with Crippen molar-refractivity contribution in [2.24, 2.45) is 4.99 Å². The van der Waals surface area contributed by atoms with Gasteiger partial charge in [0.05, 0.1) is 5.69 Å². The predicted octanol–water partition coefficient (Wildman–Crippen LogP) is 5.93. The van der Waals surface area contributed by atoms with Gasteiger partial charge in [-0.1, -0.05) is 78.9 Å². The van der Waals surface area contributed by atoms with Crippen LogP contribution in [0.4, 0.5) is 5.69 Å². The van der Waals surface area contributed by atoms with Gasteiger partial charge in [0.25, 0.3) is 0 Å². The Morgan fingerprint density at radius 2 is 1.30 bits per heavy atom. The van der Waals surface area contributed by atoms with Gasteiger partial charge >= 0.3 is 0 Å². The highest BCUT2D eigenvalue weighted by atomic mass is 35.5. The Morgan fingerprint density at radius 1 is 0.741 bits per heavy atom. The Hall–Kier alpha value is -2.42. The molecule has 0 aromatic heterocycles. The van der Waals surface area contributed by atoms with Gasteiger partial charge in [0, 0.05) is 31.4 Å². The quantitative estimate of drug-likeness (QED) is 0.468.